The lowest BCUT2D eigenvalue weighted by Crippen LogP contribution is -2.00. The summed E-state index contributed by atoms with van der Waals surface area (Å²) in [5, 5.41) is 9.31. The third-order valence-corrected chi connectivity index (χ3v) is 7.68. The molecule has 10 heteroatoms. The highest BCUT2D eigenvalue weighted by molar-refractivity contribution is 7.92. The van der Waals surface area contributed by atoms with E-state index in [0.29, 0.717) is 22.7 Å². The van der Waals surface area contributed by atoms with Gasteiger partial charge in [0.25, 0.3) is 0 Å². The van der Waals surface area contributed by atoms with Crippen LogP contribution in [0, 0.1) is 6.92 Å². The largest absolute Gasteiger partial charge is 0.304 e. The molecule has 140 valence electrons. The Morgan fingerprint density at radius 1 is 0.852 bits per heavy atom. The fourth-order valence-corrected chi connectivity index (χ4v) is 5.51. The summed E-state index contributed by atoms with van der Waals surface area (Å²) in [7, 11) is -8.41. The minimum Gasteiger partial charge on any atom is -0.281 e. The highest BCUT2D eigenvalue weighted by atomic mass is 32.3. The van der Waals surface area contributed by atoms with E-state index in [1.54, 1.807) is 12.1 Å². The number of sulfone groups is 1. The first-order valence-electron chi connectivity index (χ1n) is 7.56. The number of hydrogen-bond acceptors (Lipinski definition) is 7. The minimum absolute atomic E-state index is 0.0529. The van der Waals surface area contributed by atoms with E-state index in [1.165, 1.54) is 23.6 Å². The van der Waals surface area contributed by atoms with Crippen molar-refractivity contribution in [3.63, 3.8) is 0 Å². The van der Waals surface area contributed by atoms with Crippen molar-refractivity contribution >= 4 is 42.7 Å². The molecular weight excluding hydrogens is 408 g/mol. The molecule has 0 amide bonds. The lowest BCUT2D eigenvalue weighted by Gasteiger charge is -2.03. The Morgan fingerprint density at radius 2 is 1.48 bits per heavy atom. The molecule has 0 bridgehead atoms. The van der Waals surface area contributed by atoms with Crippen LogP contribution < -0.4 is 0 Å². The van der Waals surface area contributed by atoms with Crippen molar-refractivity contribution < 1.29 is 21.4 Å². The second kappa shape index (κ2) is 7.31. The fourth-order valence-electron chi connectivity index (χ4n) is 2.23. The van der Waals surface area contributed by atoms with Crippen LogP contribution in [0.15, 0.2) is 84.2 Å². The monoisotopic (exact) mass is 422 g/mol. The van der Waals surface area contributed by atoms with Crippen LogP contribution in [-0.2, 0) is 20.0 Å². The van der Waals surface area contributed by atoms with Gasteiger partial charge in [-0.2, -0.15) is 18.6 Å². The van der Waals surface area contributed by atoms with E-state index in [4.69, 9.17) is 4.55 Å². The molecule has 27 heavy (non-hydrogen) atoms. The quantitative estimate of drug-likeness (QED) is 0.478. The van der Waals surface area contributed by atoms with Gasteiger partial charge < -0.3 is 0 Å². The fraction of sp³-hybridized carbons (Fsp3) is 0.0588. The number of nitrogens with zero attached hydrogens (tertiary/aromatic N) is 2. The molecule has 0 fully saturated rings. The Morgan fingerprint density at radius 3 is 2.07 bits per heavy atom. The summed E-state index contributed by atoms with van der Waals surface area (Å²) < 4.78 is 56.3. The Kier molecular flexibility index (Phi) is 5.24. The predicted molar refractivity (Wildman–Crippen MR) is 101 cm³/mol. The minimum atomic E-state index is -4.45. The van der Waals surface area contributed by atoms with Crippen molar-refractivity contribution in [3.8, 4) is 0 Å². The van der Waals surface area contributed by atoms with Gasteiger partial charge in [-0.3, -0.25) is 4.55 Å². The summed E-state index contributed by atoms with van der Waals surface area (Å²) in [4.78, 5) is -0.268. The molecular formula is C17H14N2O5S3. The number of aryl methyl sites for hydroxylation is 1. The second-order valence-electron chi connectivity index (χ2n) is 5.62. The van der Waals surface area contributed by atoms with E-state index >= 15 is 0 Å². The molecule has 0 unspecified atom stereocenters. The molecule has 7 nitrogen and oxygen atoms in total. The number of benzene rings is 2. The first kappa shape index (κ1) is 19.4. The molecule has 0 aliphatic heterocycles. The van der Waals surface area contributed by atoms with Crippen molar-refractivity contribution in [1.82, 2.24) is 0 Å². The number of azo groups is 1. The van der Waals surface area contributed by atoms with E-state index < -0.39 is 24.2 Å². The SMILES string of the molecule is Cc1cccc(N=Nc2cccc(S(=O)(=O)c3csc(S(=O)(=O)O)c3)c2)c1. The van der Waals surface area contributed by atoms with Gasteiger partial charge in [-0.15, -0.1) is 11.3 Å². The van der Waals surface area contributed by atoms with Gasteiger partial charge in [0.15, 0.2) is 0 Å². The van der Waals surface area contributed by atoms with E-state index in [-0.39, 0.29) is 9.79 Å². The van der Waals surface area contributed by atoms with Crippen molar-refractivity contribution in [3.05, 3.63) is 65.5 Å². The van der Waals surface area contributed by atoms with Gasteiger partial charge >= 0.3 is 10.1 Å². The molecule has 1 N–H and O–H groups in total. The maximum atomic E-state index is 12.7. The van der Waals surface area contributed by atoms with E-state index in [9.17, 15) is 16.8 Å². The van der Waals surface area contributed by atoms with Gasteiger partial charge in [-0.05, 0) is 48.9 Å². The van der Waals surface area contributed by atoms with Crippen molar-refractivity contribution in [2.45, 2.75) is 20.9 Å². The number of rotatable bonds is 5. The summed E-state index contributed by atoms with van der Waals surface area (Å²) >= 11 is 0.632. The molecule has 0 aliphatic carbocycles. The Balaban J connectivity index is 1.93. The average Bonchev–Trinajstić information content (AvgIpc) is 3.12. The Bertz CT molecular complexity index is 1230. The Hall–Kier alpha value is -2.40. The highest BCUT2D eigenvalue weighted by Crippen LogP contribution is 2.30. The number of hydrogen-bond donors (Lipinski definition) is 1. The third-order valence-electron chi connectivity index (χ3n) is 3.53. The average molecular weight is 423 g/mol. The number of thiophene rings is 1. The van der Waals surface area contributed by atoms with Gasteiger partial charge in [0, 0.05) is 5.38 Å². The lowest BCUT2D eigenvalue weighted by molar-refractivity contribution is 0.485. The molecule has 2 aromatic carbocycles. The maximum Gasteiger partial charge on any atom is 0.304 e. The van der Waals surface area contributed by atoms with Crippen LogP contribution in [0.5, 0.6) is 0 Å². The van der Waals surface area contributed by atoms with Gasteiger partial charge in [0.1, 0.15) is 4.21 Å². The zero-order valence-electron chi connectivity index (χ0n) is 14.0. The first-order chi connectivity index (χ1) is 12.7. The smallest absolute Gasteiger partial charge is 0.281 e. The molecule has 1 heterocycles. The molecule has 1 aromatic heterocycles. The van der Waals surface area contributed by atoms with Crippen LogP contribution in [0.1, 0.15) is 5.56 Å². The summed E-state index contributed by atoms with van der Waals surface area (Å²) in [6.45, 7) is 1.92. The molecule has 3 aromatic rings. The van der Waals surface area contributed by atoms with Gasteiger partial charge in [-0.25, -0.2) is 8.42 Å². The summed E-state index contributed by atoms with van der Waals surface area (Å²) in [5.41, 5.74) is 2.00. The third kappa shape index (κ3) is 4.48. The van der Waals surface area contributed by atoms with Crippen molar-refractivity contribution in [1.29, 1.82) is 0 Å². The maximum absolute atomic E-state index is 12.7. The van der Waals surface area contributed by atoms with Gasteiger partial charge in [-0.1, -0.05) is 18.2 Å². The summed E-state index contributed by atoms with van der Waals surface area (Å²) in [5.74, 6) is 0. The zero-order valence-corrected chi connectivity index (χ0v) is 16.4. The van der Waals surface area contributed by atoms with E-state index in [0.717, 1.165) is 11.6 Å². The molecule has 0 saturated carbocycles. The molecule has 0 spiro atoms. The molecule has 0 aliphatic rings. The topological polar surface area (TPSA) is 113 Å². The van der Waals surface area contributed by atoms with Crippen LogP contribution >= 0.6 is 11.3 Å². The summed E-state index contributed by atoms with van der Waals surface area (Å²) in [6.07, 6.45) is 0. The van der Waals surface area contributed by atoms with Gasteiger partial charge in [0.2, 0.25) is 9.84 Å². The van der Waals surface area contributed by atoms with Crippen LogP contribution in [0.2, 0.25) is 0 Å². The van der Waals surface area contributed by atoms with Crippen molar-refractivity contribution in [2.24, 2.45) is 10.2 Å². The second-order valence-corrected chi connectivity index (χ2v) is 10.1. The zero-order chi connectivity index (χ0) is 19.7. The van der Waals surface area contributed by atoms with Crippen LogP contribution in [0.3, 0.4) is 0 Å². The molecule has 0 atom stereocenters. The summed E-state index contributed by atoms with van der Waals surface area (Å²) in [6, 6.07) is 14.2. The van der Waals surface area contributed by atoms with E-state index in [2.05, 4.69) is 10.2 Å². The molecule has 0 saturated heterocycles. The normalized spacial score (nSPS) is 12.5. The Labute approximate surface area is 160 Å². The molecule has 3 rings (SSSR count). The van der Waals surface area contributed by atoms with Crippen molar-refractivity contribution in [2.75, 3.05) is 0 Å². The van der Waals surface area contributed by atoms with Crippen LogP contribution in [0.4, 0.5) is 11.4 Å². The van der Waals surface area contributed by atoms with Crippen LogP contribution in [0.25, 0.3) is 0 Å². The highest BCUT2D eigenvalue weighted by Gasteiger charge is 2.23. The lowest BCUT2D eigenvalue weighted by atomic mass is 10.2. The molecule has 0 radical (unpaired) electrons. The first-order valence-corrected chi connectivity index (χ1v) is 11.4. The standard InChI is InChI=1S/C17H14N2O5S3/c1-12-4-2-5-13(8-12)18-19-14-6-3-7-15(9-14)26(20,21)16-10-17(25-11-16)27(22,23)24/h2-11H,1H3,(H,22,23,24). The predicted octanol–water partition coefficient (Wildman–Crippen LogP) is 4.55. The van der Waals surface area contributed by atoms with E-state index in [1.807, 2.05) is 25.1 Å². The van der Waals surface area contributed by atoms with Crippen LogP contribution in [-0.4, -0.2) is 21.4 Å². The van der Waals surface area contributed by atoms with Gasteiger partial charge in [0.05, 0.1) is 21.2 Å².